The normalized spacial score (nSPS) is 11.5. The lowest BCUT2D eigenvalue weighted by atomic mass is 10.1. The molecule has 0 aliphatic carbocycles. The second-order valence-electron chi connectivity index (χ2n) is 3.18. The molecule has 0 bridgehead atoms. The van der Waals surface area contributed by atoms with Gasteiger partial charge in [-0.15, -0.1) is 0 Å². The van der Waals surface area contributed by atoms with Crippen molar-refractivity contribution in [3.63, 3.8) is 0 Å². The van der Waals surface area contributed by atoms with Crippen LogP contribution in [0.2, 0.25) is 5.02 Å². The number of hydrogen-bond acceptors (Lipinski definition) is 1. The molecule has 0 radical (unpaired) electrons. The number of rotatable bonds is 2. The number of carbonyl (C=O) groups excluding carboxylic acids is 1. The maximum absolute atomic E-state index is 12.3. The summed E-state index contributed by atoms with van der Waals surface area (Å²) in [5, 5.41) is 0.179. The van der Waals surface area contributed by atoms with Crippen molar-refractivity contribution in [2.24, 2.45) is 0 Å². The second-order valence-corrected chi connectivity index (χ2v) is 3.59. The quantitative estimate of drug-likeness (QED) is 0.768. The Bertz CT molecular complexity index is 385. The zero-order valence-electron chi connectivity index (χ0n) is 7.86. The molecule has 5 heteroatoms. The minimum atomic E-state index is -4.41. The summed E-state index contributed by atoms with van der Waals surface area (Å²) in [6.45, 7) is 1.30. The molecule has 0 atom stereocenters. The third kappa shape index (κ3) is 3.23. The van der Waals surface area contributed by atoms with Crippen LogP contribution in [-0.2, 0) is 17.4 Å². The minimum Gasteiger partial charge on any atom is -0.300 e. The van der Waals surface area contributed by atoms with Gasteiger partial charge in [0.1, 0.15) is 5.78 Å². The monoisotopic (exact) mass is 236 g/mol. The second kappa shape index (κ2) is 4.23. The van der Waals surface area contributed by atoms with E-state index in [0.717, 1.165) is 18.2 Å². The van der Waals surface area contributed by atoms with Crippen molar-refractivity contribution in [1.82, 2.24) is 0 Å². The Hall–Kier alpha value is -1.03. The Morgan fingerprint density at radius 1 is 1.40 bits per heavy atom. The first-order valence-corrected chi connectivity index (χ1v) is 4.53. The maximum atomic E-state index is 12.3. The van der Waals surface area contributed by atoms with Crippen LogP contribution in [0.3, 0.4) is 0 Å². The number of alkyl halides is 3. The number of halogens is 4. The molecule has 0 aliphatic rings. The molecule has 0 fully saturated rings. The predicted octanol–water partition coefficient (Wildman–Crippen LogP) is 3.49. The Labute approximate surface area is 89.9 Å². The van der Waals surface area contributed by atoms with E-state index < -0.39 is 11.7 Å². The van der Waals surface area contributed by atoms with Crippen molar-refractivity contribution >= 4 is 17.4 Å². The standard InChI is InChI=1S/C10H8ClF3O/c1-6(15)4-7-5-8(10(12,13)14)2-3-9(7)11/h2-3,5H,4H2,1H3. The average molecular weight is 237 g/mol. The van der Waals surface area contributed by atoms with Gasteiger partial charge >= 0.3 is 6.18 Å². The molecule has 0 unspecified atom stereocenters. The number of benzene rings is 1. The smallest absolute Gasteiger partial charge is 0.300 e. The first-order valence-electron chi connectivity index (χ1n) is 4.16. The van der Waals surface area contributed by atoms with Gasteiger partial charge in [-0.1, -0.05) is 11.6 Å². The van der Waals surface area contributed by atoms with Gasteiger partial charge in [-0.2, -0.15) is 13.2 Å². The number of Topliss-reactive ketones (excluding diaryl/α,β-unsaturated/α-hetero) is 1. The molecule has 1 aromatic carbocycles. The molecule has 0 saturated heterocycles. The number of ketones is 1. The maximum Gasteiger partial charge on any atom is 0.416 e. The molecule has 0 aromatic heterocycles. The summed E-state index contributed by atoms with van der Waals surface area (Å²) in [5.74, 6) is -0.226. The molecule has 1 nitrogen and oxygen atoms in total. The summed E-state index contributed by atoms with van der Waals surface area (Å²) < 4.78 is 36.9. The molecule has 0 amide bonds. The van der Waals surface area contributed by atoms with Gasteiger partial charge in [0.15, 0.2) is 0 Å². The Morgan fingerprint density at radius 3 is 2.47 bits per heavy atom. The Balaban J connectivity index is 3.11. The van der Waals surface area contributed by atoms with E-state index >= 15 is 0 Å². The average Bonchev–Trinajstić information content (AvgIpc) is 2.06. The van der Waals surface area contributed by atoms with Crippen molar-refractivity contribution in [1.29, 1.82) is 0 Å². The largest absolute Gasteiger partial charge is 0.416 e. The fourth-order valence-corrected chi connectivity index (χ4v) is 1.34. The fraction of sp³-hybridized carbons (Fsp3) is 0.300. The molecule has 82 valence electrons. The highest BCUT2D eigenvalue weighted by Gasteiger charge is 2.30. The molecule has 0 heterocycles. The molecule has 0 saturated carbocycles. The lowest BCUT2D eigenvalue weighted by molar-refractivity contribution is -0.137. The molecule has 1 aromatic rings. The van der Waals surface area contributed by atoms with Crippen molar-refractivity contribution < 1.29 is 18.0 Å². The van der Waals surface area contributed by atoms with Crippen LogP contribution in [0.15, 0.2) is 18.2 Å². The zero-order chi connectivity index (χ0) is 11.6. The fourth-order valence-electron chi connectivity index (χ4n) is 1.15. The van der Waals surface area contributed by atoms with E-state index in [2.05, 4.69) is 0 Å². The van der Waals surface area contributed by atoms with E-state index in [9.17, 15) is 18.0 Å². The van der Waals surface area contributed by atoms with Crippen molar-refractivity contribution in [2.45, 2.75) is 19.5 Å². The topological polar surface area (TPSA) is 17.1 Å². The first kappa shape index (κ1) is 12.0. The van der Waals surface area contributed by atoms with E-state index in [1.165, 1.54) is 6.92 Å². The highest BCUT2D eigenvalue weighted by molar-refractivity contribution is 6.31. The predicted molar refractivity (Wildman–Crippen MR) is 50.8 cm³/mol. The summed E-state index contributed by atoms with van der Waals surface area (Å²) in [5.41, 5.74) is -0.581. The highest BCUT2D eigenvalue weighted by atomic mass is 35.5. The molecular formula is C10H8ClF3O. The first-order chi connectivity index (χ1) is 6.80. The van der Waals surface area contributed by atoms with E-state index in [1.807, 2.05) is 0 Å². The van der Waals surface area contributed by atoms with Gasteiger partial charge in [-0.3, -0.25) is 4.79 Å². The van der Waals surface area contributed by atoms with Crippen LogP contribution in [0.4, 0.5) is 13.2 Å². The van der Waals surface area contributed by atoms with Crippen LogP contribution >= 0.6 is 11.6 Å². The van der Waals surface area contributed by atoms with Gasteiger partial charge in [0.25, 0.3) is 0 Å². The van der Waals surface area contributed by atoms with Crippen LogP contribution in [0.25, 0.3) is 0 Å². The van der Waals surface area contributed by atoms with Gasteiger partial charge < -0.3 is 0 Å². The molecule has 0 N–H and O–H groups in total. The third-order valence-corrected chi connectivity index (χ3v) is 2.18. The van der Waals surface area contributed by atoms with Crippen LogP contribution < -0.4 is 0 Å². The van der Waals surface area contributed by atoms with Crippen LogP contribution in [0, 0.1) is 0 Å². The Morgan fingerprint density at radius 2 is 2.00 bits per heavy atom. The van der Waals surface area contributed by atoms with Crippen LogP contribution in [0.5, 0.6) is 0 Å². The lowest BCUT2D eigenvalue weighted by Gasteiger charge is -2.09. The van der Waals surface area contributed by atoms with E-state index in [4.69, 9.17) is 11.6 Å². The number of hydrogen-bond donors (Lipinski definition) is 0. The van der Waals surface area contributed by atoms with Gasteiger partial charge in [0, 0.05) is 11.4 Å². The summed E-state index contributed by atoms with van der Waals surface area (Å²) in [6.07, 6.45) is -4.49. The molecule has 0 aliphatic heterocycles. The van der Waals surface area contributed by atoms with E-state index in [0.29, 0.717) is 0 Å². The van der Waals surface area contributed by atoms with Crippen molar-refractivity contribution in [3.05, 3.63) is 34.3 Å². The summed E-state index contributed by atoms with van der Waals surface area (Å²) in [4.78, 5) is 10.8. The van der Waals surface area contributed by atoms with E-state index in [-0.39, 0.29) is 22.8 Å². The Kier molecular flexibility index (Phi) is 3.39. The molecule has 1 rings (SSSR count). The minimum absolute atomic E-state index is 0.0806. The van der Waals surface area contributed by atoms with Gasteiger partial charge in [-0.05, 0) is 30.7 Å². The van der Waals surface area contributed by atoms with Gasteiger partial charge in [0.05, 0.1) is 5.56 Å². The van der Waals surface area contributed by atoms with Gasteiger partial charge in [-0.25, -0.2) is 0 Å². The van der Waals surface area contributed by atoms with Crippen molar-refractivity contribution in [2.75, 3.05) is 0 Å². The zero-order valence-corrected chi connectivity index (χ0v) is 8.62. The summed E-state index contributed by atoms with van der Waals surface area (Å²) in [6, 6.07) is 2.96. The molecule has 15 heavy (non-hydrogen) atoms. The molecular weight excluding hydrogens is 229 g/mol. The number of carbonyl (C=O) groups is 1. The third-order valence-electron chi connectivity index (χ3n) is 1.81. The van der Waals surface area contributed by atoms with E-state index in [1.54, 1.807) is 0 Å². The van der Waals surface area contributed by atoms with Crippen molar-refractivity contribution in [3.8, 4) is 0 Å². The van der Waals surface area contributed by atoms with Gasteiger partial charge in [0.2, 0.25) is 0 Å². The summed E-state index contributed by atoms with van der Waals surface area (Å²) >= 11 is 5.67. The van der Waals surface area contributed by atoms with Crippen LogP contribution in [0.1, 0.15) is 18.1 Å². The highest BCUT2D eigenvalue weighted by Crippen LogP contribution is 2.31. The SMILES string of the molecule is CC(=O)Cc1cc(C(F)(F)F)ccc1Cl. The van der Waals surface area contributed by atoms with Crippen LogP contribution in [-0.4, -0.2) is 5.78 Å². The molecule has 0 spiro atoms. The summed E-state index contributed by atoms with van der Waals surface area (Å²) in [7, 11) is 0. The lowest BCUT2D eigenvalue weighted by Crippen LogP contribution is -2.06.